The summed E-state index contributed by atoms with van der Waals surface area (Å²) in [6.45, 7) is 3.49. The van der Waals surface area contributed by atoms with E-state index < -0.39 is 23.7 Å². The van der Waals surface area contributed by atoms with Crippen LogP contribution in [0.25, 0.3) is 11.0 Å². The molecule has 178 valence electrons. The molecule has 8 heteroatoms. The fraction of sp³-hybridized carbons (Fsp3) is 0.148. The van der Waals surface area contributed by atoms with Crippen LogP contribution in [-0.2, 0) is 16.1 Å². The van der Waals surface area contributed by atoms with Crippen LogP contribution in [0.15, 0.2) is 82.0 Å². The Labute approximate surface area is 206 Å². The zero-order valence-corrected chi connectivity index (χ0v) is 19.8. The van der Waals surface area contributed by atoms with Gasteiger partial charge < -0.3 is 19.2 Å². The number of aryl methyl sites for hydroxylation is 1. The second kappa shape index (κ2) is 10.4. The highest BCUT2D eigenvalue weighted by molar-refractivity contribution is 6.33. The Morgan fingerprint density at radius 1 is 0.971 bits per heavy atom. The molecule has 0 fully saturated rings. The molecule has 4 aromatic rings. The third kappa shape index (κ3) is 5.53. The quantitative estimate of drug-likeness (QED) is 0.213. The Balaban J connectivity index is 1.57. The molecule has 0 aliphatic carbocycles. The molecule has 7 nitrogen and oxygen atoms in total. The van der Waals surface area contributed by atoms with Gasteiger partial charge in [-0.05, 0) is 36.6 Å². The van der Waals surface area contributed by atoms with Crippen LogP contribution >= 0.6 is 11.6 Å². The highest BCUT2D eigenvalue weighted by Gasteiger charge is 2.27. The lowest BCUT2D eigenvalue weighted by atomic mass is 10.1. The summed E-state index contributed by atoms with van der Waals surface area (Å²) < 4.78 is 16.1. The summed E-state index contributed by atoms with van der Waals surface area (Å²) in [7, 11) is 0. The maximum atomic E-state index is 13.2. The van der Waals surface area contributed by atoms with Crippen molar-refractivity contribution in [1.29, 1.82) is 0 Å². The molecule has 1 atom stereocenters. The Morgan fingerprint density at radius 2 is 1.63 bits per heavy atom. The van der Waals surface area contributed by atoms with Gasteiger partial charge in [0.2, 0.25) is 0 Å². The first-order valence-electron chi connectivity index (χ1n) is 10.8. The molecule has 0 saturated heterocycles. The summed E-state index contributed by atoms with van der Waals surface area (Å²) in [5, 5.41) is 3.34. The van der Waals surface area contributed by atoms with E-state index in [-0.39, 0.29) is 23.0 Å². The molecule has 0 aliphatic heterocycles. The molecule has 35 heavy (non-hydrogen) atoms. The van der Waals surface area contributed by atoms with E-state index in [0.29, 0.717) is 16.5 Å². The van der Waals surface area contributed by atoms with Gasteiger partial charge in [0.1, 0.15) is 12.2 Å². The minimum absolute atomic E-state index is 0.00375. The predicted molar refractivity (Wildman–Crippen MR) is 132 cm³/mol. The Kier molecular flexibility index (Phi) is 7.17. The van der Waals surface area contributed by atoms with Crippen LogP contribution in [-0.4, -0.2) is 12.1 Å². The number of esters is 1. The van der Waals surface area contributed by atoms with E-state index in [9.17, 15) is 14.4 Å². The lowest BCUT2D eigenvalue weighted by Crippen LogP contribution is -2.36. The van der Waals surface area contributed by atoms with Gasteiger partial charge in [-0.3, -0.25) is 0 Å². The first-order chi connectivity index (χ1) is 16.8. The summed E-state index contributed by atoms with van der Waals surface area (Å²) in [6.07, 6.45) is -0.790. The average molecular weight is 492 g/mol. The van der Waals surface area contributed by atoms with Crippen molar-refractivity contribution >= 4 is 34.6 Å². The molecule has 3 aromatic carbocycles. The summed E-state index contributed by atoms with van der Waals surface area (Å²) >= 11 is 6.38. The second-order valence-electron chi connectivity index (χ2n) is 7.89. The van der Waals surface area contributed by atoms with Crippen LogP contribution in [0.1, 0.15) is 28.3 Å². The minimum atomic E-state index is -1.17. The van der Waals surface area contributed by atoms with E-state index in [1.807, 2.05) is 30.3 Å². The lowest BCUT2D eigenvalue weighted by molar-refractivity contribution is -0.136. The number of carbonyl (C=O) groups is 2. The monoisotopic (exact) mass is 491 g/mol. The van der Waals surface area contributed by atoms with E-state index in [2.05, 4.69) is 5.32 Å². The van der Waals surface area contributed by atoms with E-state index in [1.54, 1.807) is 50.2 Å². The van der Waals surface area contributed by atoms with Crippen LogP contribution in [0, 0.1) is 13.8 Å². The molecule has 0 aliphatic rings. The number of ether oxygens (including phenoxy) is 2. The summed E-state index contributed by atoms with van der Waals surface area (Å²) in [5.41, 5.74) is 2.23. The fourth-order valence-corrected chi connectivity index (χ4v) is 3.70. The molecule has 0 spiro atoms. The van der Waals surface area contributed by atoms with Gasteiger partial charge >= 0.3 is 17.7 Å². The van der Waals surface area contributed by atoms with Crippen molar-refractivity contribution in [2.24, 2.45) is 0 Å². The normalized spacial score (nSPS) is 11.6. The molecule has 0 bridgehead atoms. The Hall–Kier alpha value is -4.10. The van der Waals surface area contributed by atoms with E-state index in [4.69, 9.17) is 25.5 Å². The second-order valence-corrected chi connectivity index (χ2v) is 8.30. The standard InChI is InChI=1S/C27H22ClNO6/c1-16-17(2)25(30)34-22-14-23(21(28)13-20(16)22)35-26(31)24(19-11-7-4-8-12-19)29-27(32)33-15-18-9-5-3-6-10-18/h3-14,24H,15H2,1-2H3,(H,29,32)/t24-/m0/s1. The van der Waals surface area contributed by atoms with Crippen molar-refractivity contribution in [3.63, 3.8) is 0 Å². The Morgan fingerprint density at radius 3 is 2.31 bits per heavy atom. The van der Waals surface area contributed by atoms with Crippen LogP contribution in [0.3, 0.4) is 0 Å². The first kappa shape index (κ1) is 24.0. The van der Waals surface area contributed by atoms with Gasteiger partial charge in [-0.1, -0.05) is 72.3 Å². The van der Waals surface area contributed by atoms with Crippen molar-refractivity contribution in [3.8, 4) is 5.75 Å². The molecular formula is C27H22ClNO6. The van der Waals surface area contributed by atoms with Gasteiger partial charge in [0, 0.05) is 17.0 Å². The minimum Gasteiger partial charge on any atom is -0.445 e. The van der Waals surface area contributed by atoms with Crippen molar-refractivity contribution in [2.75, 3.05) is 0 Å². The van der Waals surface area contributed by atoms with Gasteiger partial charge in [0.05, 0.1) is 5.02 Å². The molecule has 0 unspecified atom stereocenters. The summed E-state index contributed by atoms with van der Waals surface area (Å²) in [4.78, 5) is 37.7. The lowest BCUT2D eigenvalue weighted by Gasteiger charge is -2.18. The Bertz CT molecular complexity index is 1430. The average Bonchev–Trinajstić information content (AvgIpc) is 2.87. The number of halogens is 1. The molecule has 1 amide bonds. The number of hydrogen-bond donors (Lipinski definition) is 1. The third-order valence-corrected chi connectivity index (χ3v) is 5.86. The van der Waals surface area contributed by atoms with Gasteiger partial charge in [0.15, 0.2) is 11.8 Å². The smallest absolute Gasteiger partial charge is 0.408 e. The van der Waals surface area contributed by atoms with Crippen molar-refractivity contribution in [1.82, 2.24) is 5.32 Å². The number of benzene rings is 3. The van der Waals surface area contributed by atoms with Crippen LogP contribution < -0.4 is 15.7 Å². The highest BCUT2D eigenvalue weighted by atomic mass is 35.5. The molecule has 4 rings (SSSR count). The maximum absolute atomic E-state index is 13.2. The van der Waals surface area contributed by atoms with Crippen LogP contribution in [0.4, 0.5) is 4.79 Å². The topological polar surface area (TPSA) is 94.8 Å². The number of hydrogen-bond acceptors (Lipinski definition) is 6. The number of fused-ring (bicyclic) bond motifs is 1. The molecule has 1 aromatic heterocycles. The number of alkyl carbamates (subject to hydrolysis) is 1. The number of rotatable bonds is 6. The predicted octanol–water partition coefficient (Wildman–Crippen LogP) is 5.64. The molecular weight excluding hydrogens is 470 g/mol. The highest BCUT2D eigenvalue weighted by Crippen LogP contribution is 2.32. The largest absolute Gasteiger partial charge is 0.445 e. The number of nitrogens with one attached hydrogen (secondary N) is 1. The molecule has 0 radical (unpaired) electrons. The first-order valence-corrected chi connectivity index (χ1v) is 11.2. The summed E-state index contributed by atoms with van der Waals surface area (Å²) in [5.74, 6) is -0.795. The van der Waals surface area contributed by atoms with E-state index in [1.165, 1.54) is 6.07 Å². The fourth-order valence-electron chi connectivity index (χ4n) is 3.50. The van der Waals surface area contributed by atoms with Crippen LogP contribution in [0.5, 0.6) is 5.75 Å². The summed E-state index contributed by atoms with van der Waals surface area (Å²) in [6, 6.07) is 19.6. The molecule has 1 heterocycles. The van der Waals surface area contributed by atoms with Gasteiger partial charge in [-0.15, -0.1) is 0 Å². The van der Waals surface area contributed by atoms with E-state index in [0.717, 1.165) is 11.1 Å². The van der Waals surface area contributed by atoms with Gasteiger partial charge in [0.25, 0.3) is 0 Å². The maximum Gasteiger partial charge on any atom is 0.408 e. The SMILES string of the molecule is Cc1c(C)c2cc(Cl)c(OC(=O)[C@@H](NC(=O)OCc3ccccc3)c3ccccc3)cc2oc1=O. The van der Waals surface area contributed by atoms with Gasteiger partial charge in [-0.25, -0.2) is 14.4 Å². The van der Waals surface area contributed by atoms with Crippen molar-refractivity contribution in [2.45, 2.75) is 26.5 Å². The molecule has 1 N–H and O–H groups in total. The number of carbonyl (C=O) groups excluding carboxylic acids is 2. The number of amides is 1. The van der Waals surface area contributed by atoms with Crippen molar-refractivity contribution in [3.05, 3.63) is 110 Å². The third-order valence-electron chi connectivity index (χ3n) is 5.56. The van der Waals surface area contributed by atoms with Crippen LogP contribution in [0.2, 0.25) is 5.02 Å². The van der Waals surface area contributed by atoms with E-state index >= 15 is 0 Å². The van der Waals surface area contributed by atoms with Crippen molar-refractivity contribution < 1.29 is 23.5 Å². The zero-order valence-electron chi connectivity index (χ0n) is 19.0. The zero-order chi connectivity index (χ0) is 24.9. The van der Waals surface area contributed by atoms with Gasteiger partial charge in [-0.2, -0.15) is 0 Å². The molecule has 0 saturated carbocycles.